The van der Waals surface area contributed by atoms with Crippen LogP contribution in [-0.2, 0) is 0 Å². The fourth-order valence-corrected chi connectivity index (χ4v) is 3.21. The van der Waals surface area contributed by atoms with Crippen LogP contribution in [0.5, 0.6) is 17.2 Å². The minimum atomic E-state index is -0.115. The molecule has 5 nitrogen and oxygen atoms in total. The third-order valence-corrected chi connectivity index (χ3v) is 4.48. The van der Waals surface area contributed by atoms with Crippen molar-refractivity contribution >= 4 is 5.91 Å². The van der Waals surface area contributed by atoms with Gasteiger partial charge in [-0.05, 0) is 30.9 Å². The van der Waals surface area contributed by atoms with Crippen LogP contribution >= 0.6 is 0 Å². The Bertz CT molecular complexity index is 499. The minimum absolute atomic E-state index is 0.115. The van der Waals surface area contributed by atoms with Gasteiger partial charge in [0, 0.05) is 12.1 Å². The molecule has 23 heavy (non-hydrogen) atoms. The molecule has 1 saturated carbocycles. The first-order valence-electron chi connectivity index (χ1n) is 8.27. The third kappa shape index (κ3) is 4.53. The van der Waals surface area contributed by atoms with Gasteiger partial charge in [0.15, 0.2) is 11.5 Å². The Labute approximate surface area is 138 Å². The maximum atomic E-state index is 12.3. The quantitative estimate of drug-likeness (QED) is 0.746. The lowest BCUT2D eigenvalue weighted by Gasteiger charge is -2.14. The van der Waals surface area contributed by atoms with Gasteiger partial charge in [-0.1, -0.05) is 25.7 Å². The number of hydrogen-bond acceptors (Lipinski definition) is 4. The summed E-state index contributed by atoms with van der Waals surface area (Å²) >= 11 is 0. The van der Waals surface area contributed by atoms with Crippen molar-refractivity contribution in [2.75, 3.05) is 27.9 Å². The summed E-state index contributed by atoms with van der Waals surface area (Å²) in [6.07, 6.45) is 7.66. The molecule has 1 fully saturated rings. The summed E-state index contributed by atoms with van der Waals surface area (Å²) in [5, 5.41) is 2.97. The molecule has 1 aromatic rings. The van der Waals surface area contributed by atoms with Gasteiger partial charge >= 0.3 is 0 Å². The van der Waals surface area contributed by atoms with Crippen molar-refractivity contribution in [1.29, 1.82) is 0 Å². The second-order valence-electron chi connectivity index (χ2n) is 5.96. The van der Waals surface area contributed by atoms with Gasteiger partial charge in [0.25, 0.3) is 5.91 Å². The van der Waals surface area contributed by atoms with Crippen LogP contribution in [0.1, 0.15) is 48.9 Å². The van der Waals surface area contributed by atoms with Gasteiger partial charge in [-0.25, -0.2) is 0 Å². The van der Waals surface area contributed by atoms with Gasteiger partial charge in [-0.15, -0.1) is 0 Å². The highest BCUT2D eigenvalue weighted by molar-refractivity contribution is 5.95. The molecule has 0 bridgehead atoms. The van der Waals surface area contributed by atoms with Crippen LogP contribution in [0.25, 0.3) is 0 Å². The molecular formula is C18H27NO4. The van der Waals surface area contributed by atoms with Crippen molar-refractivity contribution in [2.24, 2.45) is 5.92 Å². The fourth-order valence-electron chi connectivity index (χ4n) is 3.21. The third-order valence-electron chi connectivity index (χ3n) is 4.48. The number of benzene rings is 1. The molecule has 1 N–H and O–H groups in total. The summed E-state index contributed by atoms with van der Waals surface area (Å²) in [6.45, 7) is 0.700. The first-order valence-corrected chi connectivity index (χ1v) is 8.27. The molecule has 1 aliphatic carbocycles. The molecule has 0 saturated heterocycles. The van der Waals surface area contributed by atoms with E-state index in [2.05, 4.69) is 5.32 Å². The summed E-state index contributed by atoms with van der Waals surface area (Å²) < 4.78 is 15.8. The molecule has 128 valence electrons. The SMILES string of the molecule is COc1cc(C(=O)NCCCC2CCCC2)cc(OC)c1OC. The smallest absolute Gasteiger partial charge is 0.251 e. The van der Waals surface area contributed by atoms with Crippen molar-refractivity contribution in [3.63, 3.8) is 0 Å². The summed E-state index contributed by atoms with van der Waals surface area (Å²) in [7, 11) is 4.63. The average Bonchev–Trinajstić information content (AvgIpc) is 3.10. The standard InChI is InChI=1S/C18H27NO4/c1-21-15-11-14(12-16(22-2)17(15)23-3)18(20)19-10-6-9-13-7-4-5-8-13/h11-13H,4-10H2,1-3H3,(H,19,20). The molecule has 0 aromatic heterocycles. The van der Waals surface area contributed by atoms with Crippen molar-refractivity contribution < 1.29 is 19.0 Å². The molecular weight excluding hydrogens is 294 g/mol. The van der Waals surface area contributed by atoms with Crippen molar-refractivity contribution in [3.05, 3.63) is 17.7 Å². The maximum Gasteiger partial charge on any atom is 0.251 e. The Hall–Kier alpha value is -1.91. The van der Waals surface area contributed by atoms with Gasteiger partial charge in [0.05, 0.1) is 21.3 Å². The van der Waals surface area contributed by atoms with Gasteiger partial charge in [0.2, 0.25) is 5.75 Å². The van der Waals surface area contributed by atoms with E-state index in [9.17, 15) is 4.79 Å². The monoisotopic (exact) mass is 321 g/mol. The molecule has 5 heteroatoms. The van der Waals surface area contributed by atoms with Crippen molar-refractivity contribution in [1.82, 2.24) is 5.32 Å². The van der Waals surface area contributed by atoms with E-state index in [1.807, 2.05) is 0 Å². The molecule has 0 atom stereocenters. The van der Waals surface area contributed by atoms with E-state index in [4.69, 9.17) is 14.2 Å². The number of ether oxygens (including phenoxy) is 3. The topological polar surface area (TPSA) is 56.8 Å². The van der Waals surface area contributed by atoms with Crippen LogP contribution in [0.3, 0.4) is 0 Å². The van der Waals surface area contributed by atoms with E-state index >= 15 is 0 Å². The van der Waals surface area contributed by atoms with Gasteiger partial charge in [-0.2, -0.15) is 0 Å². The normalized spacial score (nSPS) is 14.6. The Morgan fingerprint density at radius 3 is 2.22 bits per heavy atom. The highest BCUT2D eigenvalue weighted by atomic mass is 16.5. The number of hydrogen-bond donors (Lipinski definition) is 1. The lowest BCUT2D eigenvalue weighted by molar-refractivity contribution is 0.0951. The van der Waals surface area contributed by atoms with Crippen LogP contribution in [0.2, 0.25) is 0 Å². The molecule has 0 heterocycles. The zero-order chi connectivity index (χ0) is 16.7. The van der Waals surface area contributed by atoms with Gasteiger partial charge < -0.3 is 19.5 Å². The Morgan fingerprint density at radius 2 is 1.70 bits per heavy atom. The molecule has 0 aliphatic heterocycles. The van der Waals surface area contributed by atoms with Gasteiger partial charge in [-0.3, -0.25) is 4.79 Å². The van der Waals surface area contributed by atoms with Crippen molar-refractivity contribution in [3.8, 4) is 17.2 Å². The summed E-state index contributed by atoms with van der Waals surface area (Å²) in [6, 6.07) is 3.35. The number of nitrogens with one attached hydrogen (secondary N) is 1. The van der Waals surface area contributed by atoms with Gasteiger partial charge in [0.1, 0.15) is 0 Å². The lowest BCUT2D eigenvalue weighted by atomic mass is 10.0. The minimum Gasteiger partial charge on any atom is -0.493 e. The number of carbonyl (C=O) groups is 1. The lowest BCUT2D eigenvalue weighted by Crippen LogP contribution is -2.24. The fraction of sp³-hybridized carbons (Fsp3) is 0.611. The molecule has 1 aromatic carbocycles. The number of rotatable bonds is 8. The van der Waals surface area contributed by atoms with Crippen LogP contribution in [0, 0.1) is 5.92 Å². The highest BCUT2D eigenvalue weighted by Crippen LogP contribution is 2.38. The van der Waals surface area contributed by atoms with E-state index in [1.165, 1.54) is 32.1 Å². The van der Waals surface area contributed by atoms with E-state index in [-0.39, 0.29) is 5.91 Å². The Morgan fingerprint density at radius 1 is 1.09 bits per heavy atom. The second-order valence-corrected chi connectivity index (χ2v) is 5.96. The van der Waals surface area contributed by atoms with E-state index < -0.39 is 0 Å². The maximum absolute atomic E-state index is 12.3. The highest BCUT2D eigenvalue weighted by Gasteiger charge is 2.17. The van der Waals surface area contributed by atoms with E-state index in [0.29, 0.717) is 29.4 Å². The first-order chi connectivity index (χ1) is 11.2. The average molecular weight is 321 g/mol. The molecule has 1 amide bonds. The first kappa shape index (κ1) is 17.4. The van der Waals surface area contributed by atoms with Crippen LogP contribution in [0.15, 0.2) is 12.1 Å². The summed E-state index contributed by atoms with van der Waals surface area (Å²) in [4.78, 5) is 12.3. The Kier molecular flexibility index (Phi) is 6.56. The largest absolute Gasteiger partial charge is 0.493 e. The molecule has 2 rings (SSSR count). The zero-order valence-corrected chi connectivity index (χ0v) is 14.3. The van der Waals surface area contributed by atoms with Crippen LogP contribution < -0.4 is 19.5 Å². The predicted octanol–water partition coefficient (Wildman–Crippen LogP) is 3.41. The molecule has 0 unspecified atom stereocenters. The predicted molar refractivity (Wildman–Crippen MR) is 89.6 cm³/mol. The van der Waals surface area contributed by atoms with Crippen LogP contribution in [0.4, 0.5) is 0 Å². The number of methoxy groups -OCH3 is 3. The number of carbonyl (C=O) groups excluding carboxylic acids is 1. The van der Waals surface area contributed by atoms with E-state index in [0.717, 1.165) is 12.3 Å². The van der Waals surface area contributed by atoms with E-state index in [1.54, 1.807) is 33.5 Å². The van der Waals surface area contributed by atoms with Crippen molar-refractivity contribution in [2.45, 2.75) is 38.5 Å². The zero-order valence-electron chi connectivity index (χ0n) is 14.3. The molecule has 0 spiro atoms. The summed E-state index contributed by atoms with van der Waals surface area (Å²) in [5.41, 5.74) is 0.514. The summed E-state index contributed by atoms with van der Waals surface area (Å²) in [5.74, 6) is 2.21. The molecule has 0 radical (unpaired) electrons. The van der Waals surface area contributed by atoms with Crippen LogP contribution in [-0.4, -0.2) is 33.8 Å². The second kappa shape index (κ2) is 8.65. The molecule has 1 aliphatic rings. The number of amides is 1. The Balaban J connectivity index is 1.92.